The molecule has 0 saturated heterocycles. The fraction of sp³-hybridized carbons (Fsp3) is 0.133. The maximum absolute atomic E-state index is 9.81. The minimum atomic E-state index is 0.691. The lowest BCUT2D eigenvalue weighted by Crippen LogP contribution is -2.14. The first kappa shape index (κ1) is 12.3. The first-order chi connectivity index (χ1) is 8.65. The number of anilines is 1. The lowest BCUT2D eigenvalue weighted by atomic mass is 10.2. The molecule has 2 aromatic carbocycles. The summed E-state index contributed by atoms with van der Waals surface area (Å²) in [5, 5.41) is 10.8. The Morgan fingerprint density at radius 1 is 0.889 bits per heavy atom. The van der Waals surface area contributed by atoms with E-state index >= 15 is 0 Å². The van der Waals surface area contributed by atoms with Crippen molar-refractivity contribution in [2.45, 2.75) is 13.8 Å². The number of benzene rings is 2. The van der Waals surface area contributed by atoms with Gasteiger partial charge in [0.15, 0.2) is 0 Å². The number of aryl methyl sites for hydroxylation is 2. The van der Waals surface area contributed by atoms with Crippen LogP contribution >= 0.6 is 0 Å². The minimum Gasteiger partial charge on any atom is -0.283 e. The van der Waals surface area contributed by atoms with Crippen molar-refractivity contribution in [3.05, 3.63) is 59.7 Å². The molecule has 0 aliphatic heterocycles. The van der Waals surface area contributed by atoms with Gasteiger partial charge in [-0.15, -0.1) is 0 Å². The van der Waals surface area contributed by atoms with Crippen molar-refractivity contribution in [3.63, 3.8) is 0 Å². The molecule has 3 heteroatoms. The number of hydrogen-bond donors (Lipinski definition) is 1. The zero-order valence-electron chi connectivity index (χ0n) is 10.5. The van der Waals surface area contributed by atoms with E-state index in [-0.39, 0.29) is 0 Å². The summed E-state index contributed by atoms with van der Waals surface area (Å²) in [7, 11) is 0. The first-order valence-electron chi connectivity index (χ1n) is 5.81. The van der Waals surface area contributed by atoms with Crippen LogP contribution in [0.15, 0.2) is 53.5 Å². The maximum Gasteiger partial charge on any atom is 0.122 e. The summed E-state index contributed by atoms with van der Waals surface area (Å²) >= 11 is 0. The maximum atomic E-state index is 9.81. The van der Waals surface area contributed by atoms with Crippen molar-refractivity contribution >= 4 is 17.7 Å². The summed E-state index contributed by atoms with van der Waals surface area (Å²) in [4.78, 5) is 4.20. The van der Waals surface area contributed by atoms with Gasteiger partial charge < -0.3 is 0 Å². The predicted octanol–water partition coefficient (Wildman–Crippen LogP) is 3.86. The van der Waals surface area contributed by atoms with Crippen LogP contribution in [0.2, 0.25) is 0 Å². The summed E-state index contributed by atoms with van der Waals surface area (Å²) in [6.07, 6.45) is 1.40. The van der Waals surface area contributed by atoms with E-state index in [1.165, 1.54) is 11.9 Å². The fourth-order valence-corrected chi connectivity index (χ4v) is 1.52. The number of hydroxylamine groups is 1. The molecule has 18 heavy (non-hydrogen) atoms. The fourth-order valence-electron chi connectivity index (χ4n) is 1.52. The smallest absolute Gasteiger partial charge is 0.122 e. The van der Waals surface area contributed by atoms with Crippen LogP contribution in [0.5, 0.6) is 0 Å². The SMILES string of the molecule is Cc1ccc(N=CN(O)c2ccc(C)cc2)cc1. The molecule has 0 bridgehead atoms. The molecule has 3 nitrogen and oxygen atoms in total. The average molecular weight is 240 g/mol. The summed E-state index contributed by atoms with van der Waals surface area (Å²) in [5.74, 6) is 0. The number of aliphatic imine (C=N–C) groups is 1. The van der Waals surface area contributed by atoms with E-state index in [1.807, 2.05) is 62.4 Å². The van der Waals surface area contributed by atoms with E-state index in [9.17, 15) is 5.21 Å². The van der Waals surface area contributed by atoms with E-state index in [0.29, 0.717) is 5.69 Å². The quantitative estimate of drug-likeness (QED) is 0.502. The van der Waals surface area contributed by atoms with Crippen molar-refractivity contribution in [1.29, 1.82) is 0 Å². The Morgan fingerprint density at radius 3 is 1.94 bits per heavy atom. The summed E-state index contributed by atoms with van der Waals surface area (Å²) in [5.41, 5.74) is 3.85. The Kier molecular flexibility index (Phi) is 3.75. The lowest BCUT2D eigenvalue weighted by molar-refractivity contribution is 0.317. The van der Waals surface area contributed by atoms with Gasteiger partial charge in [0.25, 0.3) is 0 Å². The molecule has 0 aliphatic rings. The highest BCUT2D eigenvalue weighted by molar-refractivity contribution is 5.78. The van der Waals surface area contributed by atoms with Crippen LogP contribution in [0.4, 0.5) is 11.4 Å². The van der Waals surface area contributed by atoms with Crippen molar-refractivity contribution in [3.8, 4) is 0 Å². The van der Waals surface area contributed by atoms with Crippen LogP contribution in [0.25, 0.3) is 0 Å². The number of nitrogens with zero attached hydrogens (tertiary/aromatic N) is 2. The Bertz CT molecular complexity index is 529. The van der Waals surface area contributed by atoms with Gasteiger partial charge in [-0.25, -0.2) is 10.1 Å². The van der Waals surface area contributed by atoms with Crippen LogP contribution in [0, 0.1) is 13.8 Å². The molecule has 2 rings (SSSR count). The molecule has 0 fully saturated rings. The predicted molar refractivity (Wildman–Crippen MR) is 74.8 cm³/mol. The molecule has 0 unspecified atom stereocenters. The molecule has 0 spiro atoms. The molecule has 92 valence electrons. The van der Waals surface area contributed by atoms with Crippen LogP contribution in [-0.2, 0) is 0 Å². The van der Waals surface area contributed by atoms with Gasteiger partial charge in [0.2, 0.25) is 0 Å². The van der Waals surface area contributed by atoms with Gasteiger partial charge in [0.05, 0.1) is 11.4 Å². The molecule has 0 aliphatic carbocycles. The molecule has 0 aromatic heterocycles. The first-order valence-corrected chi connectivity index (χ1v) is 5.81. The summed E-state index contributed by atoms with van der Waals surface area (Å²) in [6, 6.07) is 15.4. The molecule has 1 N–H and O–H groups in total. The van der Waals surface area contributed by atoms with Crippen LogP contribution in [0.1, 0.15) is 11.1 Å². The van der Waals surface area contributed by atoms with Crippen molar-refractivity contribution in [2.75, 3.05) is 5.06 Å². The Morgan fingerprint density at radius 2 is 1.39 bits per heavy atom. The number of rotatable bonds is 3. The third kappa shape index (κ3) is 3.18. The van der Waals surface area contributed by atoms with Crippen LogP contribution in [-0.4, -0.2) is 11.5 Å². The van der Waals surface area contributed by atoms with Crippen molar-refractivity contribution in [2.24, 2.45) is 4.99 Å². The van der Waals surface area contributed by atoms with Crippen LogP contribution < -0.4 is 5.06 Å². The van der Waals surface area contributed by atoms with E-state index in [0.717, 1.165) is 16.3 Å². The standard InChI is InChI=1S/C15H16N2O/c1-12-3-7-14(8-4-12)16-11-17(18)15-9-5-13(2)6-10-15/h3-11,18H,1-2H3. The molecule has 0 saturated carbocycles. The Balaban J connectivity index is 2.08. The zero-order chi connectivity index (χ0) is 13.0. The monoisotopic (exact) mass is 240 g/mol. The molecule has 0 amide bonds. The molecule has 0 heterocycles. The third-order valence-electron chi connectivity index (χ3n) is 2.65. The van der Waals surface area contributed by atoms with Gasteiger partial charge in [0, 0.05) is 0 Å². The third-order valence-corrected chi connectivity index (χ3v) is 2.65. The number of hydrogen-bond acceptors (Lipinski definition) is 2. The van der Waals surface area contributed by atoms with Crippen LogP contribution in [0.3, 0.4) is 0 Å². The van der Waals surface area contributed by atoms with Crippen molar-refractivity contribution < 1.29 is 5.21 Å². The highest BCUT2D eigenvalue weighted by Crippen LogP contribution is 2.14. The highest BCUT2D eigenvalue weighted by atomic mass is 16.5. The second-order valence-electron chi connectivity index (χ2n) is 4.26. The van der Waals surface area contributed by atoms with Gasteiger partial charge in [-0.05, 0) is 38.1 Å². The van der Waals surface area contributed by atoms with Gasteiger partial charge in [-0.3, -0.25) is 5.21 Å². The second kappa shape index (κ2) is 5.47. The van der Waals surface area contributed by atoms with E-state index < -0.39 is 0 Å². The van der Waals surface area contributed by atoms with Gasteiger partial charge in [-0.2, -0.15) is 0 Å². The summed E-state index contributed by atoms with van der Waals surface area (Å²) in [6.45, 7) is 4.03. The molecule has 0 atom stereocenters. The Hall–Kier alpha value is -2.13. The molecular weight excluding hydrogens is 224 g/mol. The van der Waals surface area contributed by atoms with Gasteiger partial charge >= 0.3 is 0 Å². The second-order valence-corrected chi connectivity index (χ2v) is 4.26. The average Bonchev–Trinajstić information content (AvgIpc) is 2.38. The van der Waals surface area contributed by atoms with E-state index in [4.69, 9.17) is 0 Å². The zero-order valence-corrected chi connectivity index (χ0v) is 10.5. The van der Waals surface area contributed by atoms with Crippen molar-refractivity contribution in [1.82, 2.24) is 0 Å². The lowest BCUT2D eigenvalue weighted by Gasteiger charge is -2.10. The van der Waals surface area contributed by atoms with E-state index in [1.54, 1.807) is 0 Å². The molecule has 2 aromatic rings. The van der Waals surface area contributed by atoms with E-state index in [2.05, 4.69) is 4.99 Å². The normalized spacial score (nSPS) is 10.8. The summed E-state index contributed by atoms with van der Waals surface area (Å²) < 4.78 is 0. The largest absolute Gasteiger partial charge is 0.283 e. The Labute approximate surface area is 107 Å². The topological polar surface area (TPSA) is 35.8 Å². The minimum absolute atomic E-state index is 0.691. The highest BCUT2D eigenvalue weighted by Gasteiger charge is 1.98. The molecular formula is C15H16N2O. The molecule has 0 radical (unpaired) electrons. The van der Waals surface area contributed by atoms with Gasteiger partial charge in [-0.1, -0.05) is 35.4 Å². The van der Waals surface area contributed by atoms with Gasteiger partial charge in [0.1, 0.15) is 6.34 Å².